The standard InChI is InChI=1S/C15H16INO2/c1-10(17)15-13(18-2)4-3-5-14(15)19-12-8-6-11(16)7-9-12/h3-10H,17H2,1-2H3/t10-/m0/s1. The van der Waals surface area contributed by atoms with E-state index in [2.05, 4.69) is 22.6 Å². The summed E-state index contributed by atoms with van der Waals surface area (Å²) in [6, 6.07) is 13.4. The van der Waals surface area contributed by atoms with Crippen molar-refractivity contribution in [2.75, 3.05) is 7.11 Å². The predicted octanol–water partition coefficient (Wildman–Crippen LogP) is 4.11. The summed E-state index contributed by atoms with van der Waals surface area (Å²) in [6.07, 6.45) is 0. The molecule has 0 amide bonds. The van der Waals surface area contributed by atoms with E-state index in [4.69, 9.17) is 15.2 Å². The highest BCUT2D eigenvalue weighted by atomic mass is 127. The summed E-state index contributed by atoms with van der Waals surface area (Å²) < 4.78 is 12.4. The fourth-order valence-corrected chi connectivity index (χ4v) is 2.23. The molecule has 0 saturated carbocycles. The first kappa shape index (κ1) is 14.1. The third kappa shape index (κ3) is 3.39. The lowest BCUT2D eigenvalue weighted by atomic mass is 10.1. The Hall–Kier alpha value is -1.27. The van der Waals surface area contributed by atoms with Gasteiger partial charge in [0.15, 0.2) is 0 Å². The van der Waals surface area contributed by atoms with Crippen LogP contribution >= 0.6 is 22.6 Å². The zero-order valence-electron chi connectivity index (χ0n) is 10.9. The van der Waals surface area contributed by atoms with Crippen molar-refractivity contribution in [1.82, 2.24) is 0 Å². The molecule has 0 aliphatic heterocycles. The number of halogens is 1. The highest BCUT2D eigenvalue weighted by molar-refractivity contribution is 14.1. The summed E-state index contributed by atoms with van der Waals surface area (Å²) in [5.74, 6) is 2.27. The van der Waals surface area contributed by atoms with Crippen LogP contribution in [0.3, 0.4) is 0 Å². The van der Waals surface area contributed by atoms with E-state index in [1.165, 1.54) is 3.57 Å². The summed E-state index contributed by atoms with van der Waals surface area (Å²) in [7, 11) is 1.63. The molecule has 0 bridgehead atoms. The number of hydrogen-bond donors (Lipinski definition) is 1. The molecule has 2 N–H and O–H groups in total. The normalized spacial score (nSPS) is 12.0. The molecule has 0 saturated heterocycles. The maximum absolute atomic E-state index is 6.01. The molecule has 2 aromatic rings. The van der Waals surface area contributed by atoms with Crippen LogP contribution in [0.25, 0.3) is 0 Å². The van der Waals surface area contributed by atoms with E-state index in [0.717, 1.165) is 22.8 Å². The van der Waals surface area contributed by atoms with E-state index < -0.39 is 0 Å². The number of rotatable bonds is 4. The first-order valence-electron chi connectivity index (χ1n) is 5.97. The smallest absolute Gasteiger partial charge is 0.135 e. The van der Waals surface area contributed by atoms with E-state index >= 15 is 0 Å². The lowest BCUT2D eigenvalue weighted by Crippen LogP contribution is -2.08. The van der Waals surface area contributed by atoms with Gasteiger partial charge in [0.05, 0.1) is 12.7 Å². The lowest BCUT2D eigenvalue weighted by molar-refractivity contribution is 0.397. The molecular weight excluding hydrogens is 353 g/mol. The van der Waals surface area contributed by atoms with Crippen LogP contribution in [0.2, 0.25) is 0 Å². The maximum atomic E-state index is 6.01. The van der Waals surface area contributed by atoms with Gasteiger partial charge in [-0.1, -0.05) is 6.07 Å². The third-order valence-corrected chi connectivity index (χ3v) is 3.46. The van der Waals surface area contributed by atoms with E-state index in [9.17, 15) is 0 Å². The van der Waals surface area contributed by atoms with Gasteiger partial charge >= 0.3 is 0 Å². The molecule has 0 unspecified atom stereocenters. The first-order valence-corrected chi connectivity index (χ1v) is 7.05. The number of hydrogen-bond acceptors (Lipinski definition) is 3. The van der Waals surface area contributed by atoms with Crippen molar-refractivity contribution >= 4 is 22.6 Å². The summed E-state index contributed by atoms with van der Waals surface area (Å²) in [4.78, 5) is 0. The van der Waals surface area contributed by atoms with Gasteiger partial charge in [0.2, 0.25) is 0 Å². The second-order valence-corrected chi connectivity index (χ2v) is 5.46. The Morgan fingerprint density at radius 3 is 2.26 bits per heavy atom. The Morgan fingerprint density at radius 2 is 1.68 bits per heavy atom. The molecule has 1 atom stereocenters. The minimum Gasteiger partial charge on any atom is -0.496 e. The number of methoxy groups -OCH3 is 1. The van der Waals surface area contributed by atoms with Gasteiger partial charge in [-0.25, -0.2) is 0 Å². The van der Waals surface area contributed by atoms with Crippen molar-refractivity contribution in [1.29, 1.82) is 0 Å². The molecular formula is C15H16INO2. The molecule has 0 aliphatic carbocycles. The molecule has 0 aromatic heterocycles. The minimum absolute atomic E-state index is 0.157. The van der Waals surface area contributed by atoms with Crippen LogP contribution in [-0.4, -0.2) is 7.11 Å². The topological polar surface area (TPSA) is 44.5 Å². The molecule has 2 rings (SSSR count). The molecule has 0 spiro atoms. The molecule has 0 aliphatic rings. The summed E-state index contributed by atoms with van der Waals surface area (Å²) >= 11 is 2.26. The summed E-state index contributed by atoms with van der Waals surface area (Å²) in [5, 5.41) is 0. The van der Waals surface area contributed by atoms with Gasteiger partial charge in [-0.2, -0.15) is 0 Å². The fourth-order valence-electron chi connectivity index (χ4n) is 1.87. The number of nitrogens with two attached hydrogens (primary N) is 1. The molecule has 0 fully saturated rings. The molecule has 100 valence electrons. The van der Waals surface area contributed by atoms with Gasteiger partial charge in [0.25, 0.3) is 0 Å². The van der Waals surface area contributed by atoms with Crippen LogP contribution in [0.1, 0.15) is 18.5 Å². The zero-order chi connectivity index (χ0) is 13.8. The first-order chi connectivity index (χ1) is 9.11. The van der Waals surface area contributed by atoms with Crippen molar-refractivity contribution in [3.63, 3.8) is 0 Å². The van der Waals surface area contributed by atoms with Crippen LogP contribution < -0.4 is 15.2 Å². The van der Waals surface area contributed by atoms with Crippen LogP contribution in [-0.2, 0) is 0 Å². The molecule has 2 aromatic carbocycles. The SMILES string of the molecule is COc1cccc(Oc2ccc(I)cc2)c1[C@H](C)N. The van der Waals surface area contributed by atoms with Crippen molar-refractivity contribution in [3.8, 4) is 17.2 Å². The van der Waals surface area contributed by atoms with Gasteiger partial charge in [-0.05, 0) is 65.9 Å². The predicted molar refractivity (Wildman–Crippen MR) is 84.8 cm³/mol. The van der Waals surface area contributed by atoms with Crippen molar-refractivity contribution in [3.05, 3.63) is 51.6 Å². The van der Waals surface area contributed by atoms with Gasteiger partial charge in [-0.15, -0.1) is 0 Å². The highest BCUT2D eigenvalue weighted by Gasteiger charge is 2.14. The Labute approximate surface area is 126 Å². The average molecular weight is 369 g/mol. The fraction of sp³-hybridized carbons (Fsp3) is 0.200. The molecule has 19 heavy (non-hydrogen) atoms. The Bertz CT molecular complexity index is 553. The highest BCUT2D eigenvalue weighted by Crippen LogP contribution is 2.35. The Morgan fingerprint density at radius 1 is 1.05 bits per heavy atom. The van der Waals surface area contributed by atoms with Crippen LogP contribution in [0.4, 0.5) is 0 Å². The van der Waals surface area contributed by atoms with Crippen molar-refractivity contribution < 1.29 is 9.47 Å². The summed E-state index contributed by atoms with van der Waals surface area (Å²) in [6.45, 7) is 1.92. The number of ether oxygens (including phenoxy) is 2. The average Bonchev–Trinajstić information content (AvgIpc) is 2.40. The quantitative estimate of drug-likeness (QED) is 0.825. The van der Waals surface area contributed by atoms with Crippen LogP contribution in [0, 0.1) is 3.57 Å². The molecule has 0 radical (unpaired) electrons. The largest absolute Gasteiger partial charge is 0.496 e. The van der Waals surface area contributed by atoms with Crippen LogP contribution in [0.15, 0.2) is 42.5 Å². The second kappa shape index (κ2) is 6.25. The third-order valence-electron chi connectivity index (χ3n) is 2.74. The van der Waals surface area contributed by atoms with Gasteiger partial charge in [0, 0.05) is 9.61 Å². The maximum Gasteiger partial charge on any atom is 0.135 e. The van der Waals surface area contributed by atoms with E-state index in [1.807, 2.05) is 49.4 Å². The second-order valence-electron chi connectivity index (χ2n) is 4.22. The molecule has 0 heterocycles. The van der Waals surface area contributed by atoms with Crippen LogP contribution in [0.5, 0.6) is 17.2 Å². The zero-order valence-corrected chi connectivity index (χ0v) is 13.0. The van der Waals surface area contributed by atoms with E-state index in [1.54, 1.807) is 7.11 Å². The van der Waals surface area contributed by atoms with E-state index in [0.29, 0.717) is 0 Å². The Balaban J connectivity index is 2.36. The Kier molecular flexibility index (Phi) is 4.66. The number of benzene rings is 2. The van der Waals surface area contributed by atoms with E-state index in [-0.39, 0.29) is 6.04 Å². The lowest BCUT2D eigenvalue weighted by Gasteiger charge is -2.17. The summed E-state index contributed by atoms with van der Waals surface area (Å²) in [5.41, 5.74) is 6.89. The van der Waals surface area contributed by atoms with Gasteiger partial charge in [-0.3, -0.25) is 0 Å². The monoisotopic (exact) mass is 369 g/mol. The van der Waals surface area contributed by atoms with Gasteiger partial charge in [0.1, 0.15) is 17.2 Å². The molecule has 3 nitrogen and oxygen atoms in total. The van der Waals surface area contributed by atoms with Gasteiger partial charge < -0.3 is 15.2 Å². The van der Waals surface area contributed by atoms with Crippen molar-refractivity contribution in [2.45, 2.75) is 13.0 Å². The minimum atomic E-state index is -0.157. The van der Waals surface area contributed by atoms with Crippen molar-refractivity contribution in [2.24, 2.45) is 5.73 Å². The molecule has 4 heteroatoms.